The van der Waals surface area contributed by atoms with E-state index in [4.69, 9.17) is 20.8 Å². The Balaban J connectivity index is 1.47. The zero-order chi connectivity index (χ0) is 16.1. The van der Waals surface area contributed by atoms with Gasteiger partial charge in [0.1, 0.15) is 12.4 Å². The summed E-state index contributed by atoms with van der Waals surface area (Å²) >= 11 is 7.53. The monoisotopic (exact) mass is 348 g/mol. The SMILES string of the molecule is CN(CCOc1cccc(Cl)c1)Cc1csc(-c2ccco2)n1. The van der Waals surface area contributed by atoms with Gasteiger partial charge in [-0.2, -0.15) is 0 Å². The highest BCUT2D eigenvalue weighted by Crippen LogP contribution is 2.24. The van der Waals surface area contributed by atoms with Gasteiger partial charge in [-0.25, -0.2) is 4.98 Å². The molecule has 2 aromatic heterocycles. The molecule has 0 unspecified atom stereocenters. The van der Waals surface area contributed by atoms with Crippen LogP contribution in [0.15, 0.2) is 52.5 Å². The van der Waals surface area contributed by atoms with Crippen molar-refractivity contribution in [2.24, 2.45) is 0 Å². The topological polar surface area (TPSA) is 38.5 Å². The lowest BCUT2D eigenvalue weighted by atomic mass is 10.3. The van der Waals surface area contributed by atoms with Gasteiger partial charge in [0.25, 0.3) is 0 Å². The van der Waals surface area contributed by atoms with Gasteiger partial charge < -0.3 is 9.15 Å². The number of thiazole rings is 1. The van der Waals surface area contributed by atoms with Gasteiger partial charge in [0.05, 0.1) is 12.0 Å². The third-order valence-electron chi connectivity index (χ3n) is 3.25. The molecule has 0 radical (unpaired) electrons. The number of rotatable bonds is 7. The average Bonchev–Trinajstić information content (AvgIpc) is 3.18. The van der Waals surface area contributed by atoms with E-state index in [-0.39, 0.29) is 0 Å². The number of nitrogens with zero attached hydrogens (tertiary/aromatic N) is 2. The van der Waals surface area contributed by atoms with E-state index in [0.29, 0.717) is 11.6 Å². The molecular formula is C17H17ClN2O2S. The zero-order valence-corrected chi connectivity index (χ0v) is 14.3. The molecule has 0 bridgehead atoms. The quantitative estimate of drug-likeness (QED) is 0.627. The van der Waals surface area contributed by atoms with Crippen LogP contribution in [0.3, 0.4) is 0 Å². The van der Waals surface area contributed by atoms with Crippen molar-refractivity contribution in [3.63, 3.8) is 0 Å². The summed E-state index contributed by atoms with van der Waals surface area (Å²) in [4.78, 5) is 6.77. The summed E-state index contributed by atoms with van der Waals surface area (Å²) in [5.74, 6) is 1.60. The standard InChI is InChI=1S/C17H17ClN2O2S/c1-20(7-9-21-15-5-2-4-13(18)10-15)11-14-12-23-17(19-14)16-6-3-8-22-16/h2-6,8,10,12H,7,9,11H2,1H3. The van der Waals surface area contributed by atoms with E-state index >= 15 is 0 Å². The van der Waals surface area contributed by atoms with Crippen molar-refractivity contribution in [3.8, 4) is 16.5 Å². The Morgan fingerprint density at radius 2 is 2.22 bits per heavy atom. The van der Waals surface area contributed by atoms with Crippen molar-refractivity contribution < 1.29 is 9.15 Å². The number of ether oxygens (including phenoxy) is 1. The van der Waals surface area contributed by atoms with Crippen LogP contribution in [0.4, 0.5) is 0 Å². The largest absolute Gasteiger partial charge is 0.492 e. The third kappa shape index (κ3) is 4.58. The maximum atomic E-state index is 5.93. The van der Waals surface area contributed by atoms with E-state index in [1.54, 1.807) is 17.6 Å². The molecule has 0 fully saturated rings. The lowest BCUT2D eigenvalue weighted by Crippen LogP contribution is -2.24. The summed E-state index contributed by atoms with van der Waals surface area (Å²) < 4.78 is 11.1. The Morgan fingerprint density at radius 1 is 1.30 bits per heavy atom. The maximum Gasteiger partial charge on any atom is 0.162 e. The molecule has 0 saturated heterocycles. The summed E-state index contributed by atoms with van der Waals surface area (Å²) in [6.45, 7) is 2.18. The van der Waals surface area contributed by atoms with Crippen LogP contribution >= 0.6 is 22.9 Å². The van der Waals surface area contributed by atoms with Crippen molar-refractivity contribution in [3.05, 3.63) is 58.8 Å². The van der Waals surface area contributed by atoms with Crippen LogP contribution in [-0.2, 0) is 6.54 Å². The van der Waals surface area contributed by atoms with Crippen molar-refractivity contribution in [1.82, 2.24) is 9.88 Å². The summed E-state index contributed by atoms with van der Waals surface area (Å²) in [6, 6.07) is 11.2. The van der Waals surface area contributed by atoms with Crippen LogP contribution in [-0.4, -0.2) is 30.1 Å². The average molecular weight is 349 g/mol. The summed E-state index contributed by atoms with van der Waals surface area (Å²) in [7, 11) is 2.05. The molecule has 0 aliphatic heterocycles. The molecule has 23 heavy (non-hydrogen) atoms. The van der Waals surface area contributed by atoms with Crippen molar-refractivity contribution in [2.45, 2.75) is 6.54 Å². The van der Waals surface area contributed by atoms with E-state index in [1.165, 1.54) is 0 Å². The molecule has 4 nitrogen and oxygen atoms in total. The Morgan fingerprint density at radius 3 is 3.00 bits per heavy atom. The minimum Gasteiger partial charge on any atom is -0.492 e. The smallest absolute Gasteiger partial charge is 0.162 e. The maximum absolute atomic E-state index is 5.93. The normalized spacial score (nSPS) is 11.1. The zero-order valence-electron chi connectivity index (χ0n) is 12.7. The van der Waals surface area contributed by atoms with Gasteiger partial charge in [-0.3, -0.25) is 4.90 Å². The molecule has 6 heteroatoms. The fraction of sp³-hybridized carbons (Fsp3) is 0.235. The van der Waals surface area contributed by atoms with Gasteiger partial charge in [0.2, 0.25) is 0 Å². The molecule has 0 N–H and O–H groups in total. The molecule has 3 rings (SSSR count). The van der Waals surface area contributed by atoms with E-state index in [1.807, 2.05) is 43.4 Å². The number of hydrogen-bond donors (Lipinski definition) is 0. The van der Waals surface area contributed by atoms with Crippen molar-refractivity contribution >= 4 is 22.9 Å². The predicted octanol–water partition coefficient (Wildman–Crippen LogP) is 4.57. The van der Waals surface area contributed by atoms with Gasteiger partial charge in [-0.15, -0.1) is 11.3 Å². The van der Waals surface area contributed by atoms with E-state index in [2.05, 4.69) is 15.3 Å². The molecular weight excluding hydrogens is 332 g/mol. The lowest BCUT2D eigenvalue weighted by Gasteiger charge is -2.15. The highest BCUT2D eigenvalue weighted by molar-refractivity contribution is 7.13. The number of likely N-dealkylation sites (N-methyl/N-ethyl adjacent to an activating group) is 1. The van der Waals surface area contributed by atoms with Crippen LogP contribution in [0.1, 0.15) is 5.69 Å². The van der Waals surface area contributed by atoms with Crippen LogP contribution in [0, 0.1) is 0 Å². The van der Waals surface area contributed by atoms with Crippen LogP contribution in [0.2, 0.25) is 5.02 Å². The second-order valence-corrected chi connectivity index (χ2v) is 6.46. The molecule has 3 aromatic rings. The number of hydrogen-bond acceptors (Lipinski definition) is 5. The Labute approximate surface area is 144 Å². The van der Waals surface area contributed by atoms with Gasteiger partial charge in [0.15, 0.2) is 10.8 Å². The highest BCUT2D eigenvalue weighted by atomic mass is 35.5. The first-order valence-corrected chi connectivity index (χ1v) is 8.51. The fourth-order valence-corrected chi connectivity index (χ4v) is 3.08. The van der Waals surface area contributed by atoms with Gasteiger partial charge in [-0.1, -0.05) is 17.7 Å². The summed E-state index contributed by atoms with van der Waals surface area (Å²) in [5.41, 5.74) is 1.03. The molecule has 0 spiro atoms. The minimum absolute atomic E-state index is 0.603. The Hall–Kier alpha value is -1.82. The Kier molecular flexibility index (Phi) is 5.33. The first kappa shape index (κ1) is 16.1. The number of furan rings is 1. The first-order chi connectivity index (χ1) is 11.2. The van der Waals surface area contributed by atoms with Crippen LogP contribution < -0.4 is 4.74 Å². The number of halogens is 1. The first-order valence-electron chi connectivity index (χ1n) is 7.26. The van der Waals surface area contributed by atoms with E-state index in [0.717, 1.165) is 35.3 Å². The van der Waals surface area contributed by atoms with Crippen LogP contribution in [0.25, 0.3) is 10.8 Å². The predicted molar refractivity (Wildman–Crippen MR) is 93.1 cm³/mol. The highest BCUT2D eigenvalue weighted by Gasteiger charge is 2.09. The van der Waals surface area contributed by atoms with Crippen molar-refractivity contribution in [1.29, 1.82) is 0 Å². The molecule has 0 saturated carbocycles. The molecule has 0 atom stereocenters. The van der Waals surface area contributed by atoms with Gasteiger partial charge in [-0.05, 0) is 37.4 Å². The van der Waals surface area contributed by atoms with E-state index in [9.17, 15) is 0 Å². The lowest BCUT2D eigenvalue weighted by molar-refractivity contribution is 0.231. The summed E-state index contributed by atoms with van der Waals surface area (Å²) in [6.07, 6.45) is 1.66. The molecule has 120 valence electrons. The van der Waals surface area contributed by atoms with Crippen LogP contribution in [0.5, 0.6) is 5.75 Å². The van der Waals surface area contributed by atoms with Gasteiger partial charge >= 0.3 is 0 Å². The second kappa shape index (κ2) is 7.64. The molecule has 0 aliphatic rings. The fourth-order valence-electron chi connectivity index (χ4n) is 2.12. The Bertz CT molecular complexity index is 743. The molecule has 2 heterocycles. The molecule has 0 amide bonds. The van der Waals surface area contributed by atoms with Gasteiger partial charge in [0, 0.05) is 23.5 Å². The summed E-state index contributed by atoms with van der Waals surface area (Å²) in [5, 5.41) is 3.66. The minimum atomic E-state index is 0.603. The van der Waals surface area contributed by atoms with Crippen molar-refractivity contribution in [2.75, 3.05) is 20.2 Å². The molecule has 1 aromatic carbocycles. The second-order valence-electron chi connectivity index (χ2n) is 5.16. The number of aromatic nitrogens is 1. The molecule has 0 aliphatic carbocycles. The number of benzene rings is 1. The van der Waals surface area contributed by atoms with E-state index < -0.39 is 0 Å². The third-order valence-corrected chi connectivity index (χ3v) is 4.39.